The van der Waals surface area contributed by atoms with Gasteiger partial charge in [-0.25, -0.2) is 9.79 Å². The van der Waals surface area contributed by atoms with Crippen LogP contribution in [0.3, 0.4) is 0 Å². The molecule has 0 spiro atoms. The Morgan fingerprint density at radius 3 is 2.55 bits per heavy atom. The number of carbonyl (C=O) groups is 1. The van der Waals surface area contributed by atoms with Gasteiger partial charge in [0.05, 0.1) is 5.56 Å². The SMILES string of the molecule is O=C1OC(c2ccccc2Br)=N/C1=C\c1ccccc1OCc1ccccc1Cl. The quantitative estimate of drug-likeness (QED) is 0.339. The number of halogens is 2. The normalized spacial score (nSPS) is 14.6. The molecular weight excluding hydrogens is 454 g/mol. The maximum absolute atomic E-state index is 12.3. The van der Waals surface area contributed by atoms with Crippen LogP contribution in [-0.2, 0) is 16.1 Å². The summed E-state index contributed by atoms with van der Waals surface area (Å²) in [5, 5.41) is 0.644. The Hall–Kier alpha value is -2.89. The summed E-state index contributed by atoms with van der Waals surface area (Å²) in [5.41, 5.74) is 2.53. The minimum Gasteiger partial charge on any atom is -0.488 e. The Bertz CT molecular complexity index is 1140. The van der Waals surface area contributed by atoms with Gasteiger partial charge in [0, 0.05) is 20.6 Å². The maximum Gasteiger partial charge on any atom is 0.363 e. The van der Waals surface area contributed by atoms with Gasteiger partial charge in [0.2, 0.25) is 5.90 Å². The number of ether oxygens (including phenoxy) is 2. The predicted molar refractivity (Wildman–Crippen MR) is 117 cm³/mol. The zero-order chi connectivity index (χ0) is 20.2. The number of rotatable bonds is 5. The molecule has 3 aromatic rings. The predicted octanol–water partition coefficient (Wildman–Crippen LogP) is 6.03. The van der Waals surface area contributed by atoms with Crippen molar-refractivity contribution in [2.45, 2.75) is 6.61 Å². The zero-order valence-corrected chi connectivity index (χ0v) is 17.5. The summed E-state index contributed by atoms with van der Waals surface area (Å²) in [7, 11) is 0. The van der Waals surface area contributed by atoms with Gasteiger partial charge in [-0.2, -0.15) is 0 Å². The number of hydrogen-bond acceptors (Lipinski definition) is 4. The minimum atomic E-state index is -0.503. The van der Waals surface area contributed by atoms with Gasteiger partial charge in [-0.1, -0.05) is 60.1 Å². The third-order valence-electron chi connectivity index (χ3n) is 4.28. The Kier molecular flexibility index (Phi) is 5.79. The highest BCUT2D eigenvalue weighted by Gasteiger charge is 2.25. The lowest BCUT2D eigenvalue weighted by atomic mass is 10.1. The Balaban J connectivity index is 1.61. The molecule has 0 amide bonds. The van der Waals surface area contributed by atoms with E-state index in [2.05, 4.69) is 20.9 Å². The van der Waals surface area contributed by atoms with Crippen LogP contribution in [0.2, 0.25) is 5.02 Å². The third kappa shape index (κ3) is 4.42. The maximum atomic E-state index is 12.3. The fourth-order valence-corrected chi connectivity index (χ4v) is 3.45. The topological polar surface area (TPSA) is 47.9 Å². The van der Waals surface area contributed by atoms with Gasteiger partial charge in [0.25, 0.3) is 0 Å². The summed E-state index contributed by atoms with van der Waals surface area (Å²) in [6, 6.07) is 22.4. The number of nitrogens with zero attached hydrogens (tertiary/aromatic N) is 1. The number of esters is 1. The van der Waals surface area contributed by atoms with Crippen LogP contribution in [0.25, 0.3) is 6.08 Å². The van der Waals surface area contributed by atoms with Crippen LogP contribution in [0.1, 0.15) is 16.7 Å². The van der Waals surface area contributed by atoms with Gasteiger partial charge in [0.1, 0.15) is 12.4 Å². The number of carbonyl (C=O) groups excluding carboxylic acids is 1. The van der Waals surface area contributed by atoms with E-state index in [4.69, 9.17) is 21.1 Å². The van der Waals surface area contributed by atoms with E-state index in [9.17, 15) is 4.79 Å². The highest BCUT2D eigenvalue weighted by molar-refractivity contribution is 9.10. The molecule has 0 saturated carbocycles. The third-order valence-corrected chi connectivity index (χ3v) is 5.34. The van der Waals surface area contributed by atoms with Gasteiger partial charge in [-0.3, -0.25) is 0 Å². The summed E-state index contributed by atoms with van der Waals surface area (Å²) >= 11 is 9.65. The Morgan fingerprint density at radius 2 is 1.72 bits per heavy atom. The average Bonchev–Trinajstić information content (AvgIpc) is 3.09. The van der Waals surface area contributed by atoms with E-state index in [0.29, 0.717) is 22.9 Å². The fraction of sp³-hybridized carbons (Fsp3) is 0.0435. The first kappa shape index (κ1) is 19.4. The lowest BCUT2D eigenvalue weighted by Crippen LogP contribution is -2.06. The van der Waals surface area contributed by atoms with Gasteiger partial charge in [0.15, 0.2) is 5.70 Å². The molecule has 0 radical (unpaired) electrons. The molecule has 0 atom stereocenters. The molecule has 4 nitrogen and oxygen atoms in total. The molecule has 0 saturated heterocycles. The highest BCUT2D eigenvalue weighted by atomic mass is 79.9. The number of para-hydroxylation sites is 1. The standard InChI is InChI=1S/C23H15BrClNO3/c24-18-10-4-3-9-17(18)22-26-20(23(27)29-22)13-15-7-2-6-12-21(15)28-14-16-8-1-5-11-19(16)25/h1-13H,14H2/b20-13-. The van der Waals surface area contributed by atoms with E-state index in [1.807, 2.05) is 72.8 Å². The van der Waals surface area contributed by atoms with Crippen molar-refractivity contribution in [1.82, 2.24) is 0 Å². The van der Waals surface area contributed by atoms with Crippen molar-refractivity contribution in [1.29, 1.82) is 0 Å². The zero-order valence-electron chi connectivity index (χ0n) is 15.1. The lowest BCUT2D eigenvalue weighted by molar-refractivity contribution is -0.129. The van der Waals surface area contributed by atoms with E-state index in [1.54, 1.807) is 6.08 Å². The second kappa shape index (κ2) is 8.64. The van der Waals surface area contributed by atoms with E-state index in [-0.39, 0.29) is 11.6 Å². The molecule has 1 aliphatic heterocycles. The van der Waals surface area contributed by atoms with Crippen LogP contribution < -0.4 is 4.74 Å². The van der Waals surface area contributed by atoms with Crippen molar-refractivity contribution in [3.63, 3.8) is 0 Å². The summed E-state index contributed by atoms with van der Waals surface area (Å²) in [5.74, 6) is 0.386. The fourth-order valence-electron chi connectivity index (χ4n) is 2.81. The van der Waals surface area contributed by atoms with E-state index >= 15 is 0 Å². The number of cyclic esters (lactones) is 1. The Labute approximate surface area is 181 Å². The van der Waals surface area contributed by atoms with Crippen LogP contribution >= 0.6 is 27.5 Å². The minimum absolute atomic E-state index is 0.213. The van der Waals surface area contributed by atoms with Crippen molar-refractivity contribution in [3.05, 3.63) is 105 Å². The smallest absolute Gasteiger partial charge is 0.363 e. The van der Waals surface area contributed by atoms with Crippen molar-refractivity contribution < 1.29 is 14.3 Å². The van der Waals surface area contributed by atoms with Crippen LogP contribution in [-0.4, -0.2) is 11.9 Å². The molecule has 1 aliphatic rings. The molecular formula is C23H15BrClNO3. The first-order valence-electron chi connectivity index (χ1n) is 8.84. The average molecular weight is 469 g/mol. The van der Waals surface area contributed by atoms with Crippen LogP contribution in [0.5, 0.6) is 5.75 Å². The van der Waals surface area contributed by atoms with Gasteiger partial charge in [-0.05, 0) is 46.3 Å². The monoisotopic (exact) mass is 467 g/mol. The molecule has 0 bridgehead atoms. The number of hydrogen-bond donors (Lipinski definition) is 0. The first-order valence-corrected chi connectivity index (χ1v) is 10.0. The molecule has 29 heavy (non-hydrogen) atoms. The second-order valence-corrected chi connectivity index (χ2v) is 7.50. The van der Waals surface area contributed by atoms with E-state index < -0.39 is 5.97 Å². The number of benzene rings is 3. The summed E-state index contributed by atoms with van der Waals surface area (Å²) in [6.45, 7) is 0.315. The molecule has 4 rings (SSSR count). The van der Waals surface area contributed by atoms with Gasteiger partial charge >= 0.3 is 5.97 Å². The summed E-state index contributed by atoms with van der Waals surface area (Å²) in [6.07, 6.45) is 1.66. The molecule has 144 valence electrons. The van der Waals surface area contributed by atoms with Crippen LogP contribution in [0.15, 0.2) is 88.0 Å². The number of aliphatic imine (C=N–C) groups is 1. The molecule has 0 unspecified atom stereocenters. The summed E-state index contributed by atoms with van der Waals surface area (Å²) < 4.78 is 12.1. The molecule has 0 N–H and O–H groups in total. The highest BCUT2D eigenvalue weighted by Crippen LogP contribution is 2.27. The van der Waals surface area contributed by atoms with E-state index in [0.717, 1.165) is 15.6 Å². The van der Waals surface area contributed by atoms with Crippen LogP contribution in [0, 0.1) is 0 Å². The molecule has 0 aromatic heterocycles. The van der Waals surface area contributed by atoms with Crippen molar-refractivity contribution in [2.24, 2.45) is 4.99 Å². The molecule has 0 fully saturated rings. The van der Waals surface area contributed by atoms with Crippen LogP contribution in [0.4, 0.5) is 0 Å². The lowest BCUT2D eigenvalue weighted by Gasteiger charge is -2.10. The van der Waals surface area contributed by atoms with Gasteiger partial charge in [-0.15, -0.1) is 0 Å². The molecule has 0 aliphatic carbocycles. The van der Waals surface area contributed by atoms with Gasteiger partial charge < -0.3 is 9.47 Å². The molecule has 1 heterocycles. The first-order chi connectivity index (χ1) is 14.1. The van der Waals surface area contributed by atoms with Crippen molar-refractivity contribution >= 4 is 45.5 Å². The molecule has 3 aromatic carbocycles. The second-order valence-electron chi connectivity index (χ2n) is 6.23. The Morgan fingerprint density at radius 1 is 1.00 bits per heavy atom. The molecule has 6 heteroatoms. The van der Waals surface area contributed by atoms with Crippen molar-refractivity contribution in [3.8, 4) is 5.75 Å². The summed E-state index contributed by atoms with van der Waals surface area (Å²) in [4.78, 5) is 16.7. The largest absolute Gasteiger partial charge is 0.488 e. The van der Waals surface area contributed by atoms with E-state index in [1.165, 1.54) is 0 Å². The van der Waals surface area contributed by atoms with Crippen molar-refractivity contribution in [2.75, 3.05) is 0 Å².